The fourth-order valence-electron chi connectivity index (χ4n) is 4.96. The fraction of sp³-hybridized carbons (Fsp3) is 0.306. The number of nitrogens with one attached hydrogen (secondary N) is 1. The fourth-order valence-corrected chi connectivity index (χ4v) is 5.94. The Balaban J connectivity index is 0.000000966. The predicted octanol–water partition coefficient (Wildman–Crippen LogP) is 8.39. The number of para-hydroxylation sites is 1. The Kier molecular flexibility index (Phi) is 15.3. The molecule has 0 aliphatic rings. The van der Waals surface area contributed by atoms with Gasteiger partial charge >= 0.3 is 0 Å². The molecular formula is C36H45N3O2S. The van der Waals surface area contributed by atoms with Gasteiger partial charge in [-0.25, -0.2) is 4.31 Å². The van der Waals surface area contributed by atoms with Crippen molar-refractivity contribution in [3.8, 4) is 12.8 Å². The lowest BCUT2D eigenvalue weighted by Crippen LogP contribution is -2.24. The Morgan fingerprint density at radius 2 is 1.48 bits per heavy atom. The molecule has 6 heteroatoms. The van der Waals surface area contributed by atoms with Gasteiger partial charge in [-0.05, 0) is 79.9 Å². The minimum absolute atomic E-state index is 0.00820. The van der Waals surface area contributed by atoms with Crippen LogP contribution in [-0.4, -0.2) is 47.1 Å². The number of aryl methyl sites for hydroxylation is 1. The van der Waals surface area contributed by atoms with E-state index >= 15 is 0 Å². The van der Waals surface area contributed by atoms with Crippen LogP contribution < -0.4 is 5.32 Å². The van der Waals surface area contributed by atoms with Crippen molar-refractivity contribution < 1.29 is 9.90 Å². The van der Waals surface area contributed by atoms with Crippen molar-refractivity contribution in [2.75, 3.05) is 27.2 Å². The lowest BCUT2D eigenvalue weighted by molar-refractivity contribution is 0.0953. The second-order valence-corrected chi connectivity index (χ2v) is 10.5. The first-order valence-corrected chi connectivity index (χ1v) is 15.4. The van der Waals surface area contributed by atoms with Gasteiger partial charge in [0.15, 0.2) is 0 Å². The zero-order chi connectivity index (χ0) is 30.9. The SMILES string of the molecule is C#C.CC.CCn1c2ccccc2c2cc(C(=O)NCCCCCN(C)Sc3cccc4ccccc34)ccc21.CO. The number of rotatable bonds is 10. The van der Waals surface area contributed by atoms with Gasteiger partial charge in [-0.3, -0.25) is 4.79 Å². The second-order valence-electron chi connectivity index (χ2n) is 9.23. The minimum atomic E-state index is 0.00820. The minimum Gasteiger partial charge on any atom is -0.400 e. The van der Waals surface area contributed by atoms with Gasteiger partial charge < -0.3 is 15.0 Å². The van der Waals surface area contributed by atoms with E-state index in [1.165, 1.54) is 32.1 Å². The summed E-state index contributed by atoms with van der Waals surface area (Å²) in [6, 6.07) is 29.5. The number of unbranched alkanes of at least 4 members (excludes halogenated alkanes) is 2. The number of aromatic nitrogens is 1. The maximum atomic E-state index is 12.8. The maximum Gasteiger partial charge on any atom is 0.251 e. The first-order chi connectivity index (χ1) is 20.7. The first-order valence-electron chi connectivity index (χ1n) is 14.6. The number of aliphatic hydroxyl groups is 1. The number of nitrogens with zero attached hydrogens (tertiary/aromatic N) is 2. The van der Waals surface area contributed by atoms with E-state index in [1.807, 2.05) is 26.0 Å². The summed E-state index contributed by atoms with van der Waals surface area (Å²) >= 11 is 1.81. The molecule has 0 radical (unpaired) electrons. The van der Waals surface area contributed by atoms with Crippen LogP contribution >= 0.6 is 11.9 Å². The standard InChI is InChI=1S/C31H33N3OS.C2H6.C2H2.CH4O/c1-3-34-28-16-8-7-15-26(28)27-22-24(18-19-29(27)34)31(35)32-20-9-4-10-21-33(2)36-30-17-11-13-23-12-5-6-14-25(23)30;3*1-2/h5-8,11-19,22H,3-4,9-10,20-21H2,1-2H3,(H,32,35);1-2H3;1-2H;2H,1H3. The average molecular weight is 584 g/mol. The highest BCUT2D eigenvalue weighted by molar-refractivity contribution is 7.97. The van der Waals surface area contributed by atoms with Crippen LogP contribution in [-0.2, 0) is 6.54 Å². The molecule has 2 N–H and O–H groups in total. The largest absolute Gasteiger partial charge is 0.400 e. The maximum absolute atomic E-state index is 12.8. The van der Waals surface area contributed by atoms with Crippen LogP contribution in [0.5, 0.6) is 0 Å². The van der Waals surface area contributed by atoms with E-state index in [1.54, 1.807) is 11.9 Å². The van der Waals surface area contributed by atoms with Crippen molar-refractivity contribution in [1.82, 2.24) is 14.2 Å². The van der Waals surface area contributed by atoms with Crippen LogP contribution in [0, 0.1) is 12.8 Å². The third-order valence-electron chi connectivity index (χ3n) is 6.79. The van der Waals surface area contributed by atoms with E-state index < -0.39 is 0 Å². The highest BCUT2D eigenvalue weighted by atomic mass is 32.2. The number of fused-ring (bicyclic) bond motifs is 4. The van der Waals surface area contributed by atoms with E-state index in [0.717, 1.165) is 50.4 Å². The highest BCUT2D eigenvalue weighted by Gasteiger charge is 2.12. The molecule has 0 saturated heterocycles. The number of carbonyl (C=O) groups excluding carboxylic acids is 1. The number of carbonyl (C=O) groups is 1. The average Bonchev–Trinajstić information content (AvgIpc) is 3.38. The summed E-state index contributed by atoms with van der Waals surface area (Å²) in [4.78, 5) is 14.1. The Morgan fingerprint density at radius 1 is 0.833 bits per heavy atom. The lowest BCUT2D eigenvalue weighted by atomic mass is 10.1. The van der Waals surface area contributed by atoms with Gasteiger partial charge in [-0.15, -0.1) is 12.8 Å². The summed E-state index contributed by atoms with van der Waals surface area (Å²) in [5.41, 5.74) is 3.13. The number of terminal acetylenes is 1. The molecule has 42 heavy (non-hydrogen) atoms. The number of hydrogen-bond acceptors (Lipinski definition) is 4. The van der Waals surface area contributed by atoms with Crippen LogP contribution in [0.3, 0.4) is 0 Å². The summed E-state index contributed by atoms with van der Waals surface area (Å²) in [6.45, 7) is 8.78. The Bertz CT molecular complexity index is 1550. The third kappa shape index (κ3) is 8.62. The molecule has 5 rings (SSSR count). The van der Waals surface area contributed by atoms with Gasteiger partial charge in [0, 0.05) is 59.0 Å². The van der Waals surface area contributed by atoms with Gasteiger partial charge in [-0.2, -0.15) is 0 Å². The molecule has 5 nitrogen and oxygen atoms in total. The van der Waals surface area contributed by atoms with Crippen molar-refractivity contribution >= 4 is 50.4 Å². The van der Waals surface area contributed by atoms with Crippen molar-refractivity contribution in [2.24, 2.45) is 0 Å². The summed E-state index contributed by atoms with van der Waals surface area (Å²) in [5, 5.41) is 15.0. The van der Waals surface area contributed by atoms with E-state index in [4.69, 9.17) is 5.11 Å². The molecular weight excluding hydrogens is 538 g/mol. The summed E-state index contributed by atoms with van der Waals surface area (Å²) in [7, 11) is 3.15. The Hall–Kier alpha value is -3.76. The van der Waals surface area contributed by atoms with E-state index in [0.29, 0.717) is 6.54 Å². The highest BCUT2D eigenvalue weighted by Crippen LogP contribution is 2.30. The van der Waals surface area contributed by atoms with Crippen LogP contribution in [0.25, 0.3) is 32.6 Å². The molecule has 1 amide bonds. The van der Waals surface area contributed by atoms with E-state index in [2.05, 4.69) is 114 Å². The number of amides is 1. The normalized spacial score (nSPS) is 10.3. The van der Waals surface area contributed by atoms with Gasteiger partial charge in [0.25, 0.3) is 5.91 Å². The van der Waals surface area contributed by atoms with Gasteiger partial charge in [0.2, 0.25) is 0 Å². The number of benzene rings is 4. The number of aliphatic hydroxyl groups excluding tert-OH is 1. The van der Waals surface area contributed by atoms with Gasteiger partial charge in [0.1, 0.15) is 0 Å². The summed E-state index contributed by atoms with van der Waals surface area (Å²) < 4.78 is 4.62. The van der Waals surface area contributed by atoms with Crippen molar-refractivity contribution in [2.45, 2.75) is 51.5 Å². The molecule has 0 atom stereocenters. The first kappa shape index (κ1) is 34.4. The molecule has 4 aromatic carbocycles. The van der Waals surface area contributed by atoms with Crippen molar-refractivity contribution in [3.63, 3.8) is 0 Å². The Morgan fingerprint density at radius 3 is 2.21 bits per heavy atom. The lowest BCUT2D eigenvalue weighted by Gasteiger charge is -2.16. The van der Waals surface area contributed by atoms with E-state index in [9.17, 15) is 4.79 Å². The van der Waals surface area contributed by atoms with Gasteiger partial charge in [0.05, 0.1) is 0 Å². The molecule has 0 fully saturated rings. The van der Waals surface area contributed by atoms with Crippen molar-refractivity contribution in [3.05, 3.63) is 90.5 Å². The molecule has 0 spiro atoms. The van der Waals surface area contributed by atoms with Crippen molar-refractivity contribution in [1.29, 1.82) is 0 Å². The molecule has 222 valence electrons. The summed E-state index contributed by atoms with van der Waals surface area (Å²) in [6.07, 6.45) is 11.2. The van der Waals surface area contributed by atoms with Gasteiger partial charge in [-0.1, -0.05) is 74.9 Å². The zero-order valence-corrected chi connectivity index (χ0v) is 26.5. The quantitative estimate of drug-likeness (QED) is 0.0985. The van der Waals surface area contributed by atoms with Crippen LogP contribution in [0.15, 0.2) is 89.8 Å². The molecule has 1 aromatic heterocycles. The molecule has 5 aromatic rings. The van der Waals surface area contributed by atoms with Crippen LogP contribution in [0.4, 0.5) is 0 Å². The zero-order valence-electron chi connectivity index (χ0n) is 25.6. The molecule has 0 saturated carbocycles. The topological polar surface area (TPSA) is 57.5 Å². The summed E-state index contributed by atoms with van der Waals surface area (Å²) in [5.74, 6) is 0.00820. The molecule has 0 aliphatic heterocycles. The van der Waals surface area contributed by atoms with Crippen LogP contribution in [0.1, 0.15) is 50.4 Å². The Labute approximate surface area is 256 Å². The van der Waals surface area contributed by atoms with E-state index in [-0.39, 0.29) is 5.91 Å². The second kappa shape index (κ2) is 18.6. The van der Waals surface area contributed by atoms with Crippen LogP contribution in [0.2, 0.25) is 0 Å². The number of hydrogen-bond donors (Lipinski definition) is 2. The third-order valence-corrected chi connectivity index (χ3v) is 7.84. The molecule has 1 heterocycles. The smallest absolute Gasteiger partial charge is 0.251 e. The monoisotopic (exact) mass is 583 g/mol. The molecule has 0 aliphatic carbocycles. The predicted molar refractivity (Wildman–Crippen MR) is 183 cm³/mol. The molecule has 0 bridgehead atoms. The molecule has 0 unspecified atom stereocenters.